The number of amides is 1. The Morgan fingerprint density at radius 1 is 1.14 bits per heavy atom. The van der Waals surface area contributed by atoms with E-state index in [1.54, 1.807) is 50.4 Å². The number of likely N-dealkylation sites (N-methyl/N-ethyl adjacent to an activating group) is 1. The molecule has 37 heavy (non-hydrogen) atoms. The molecule has 0 spiro atoms. The van der Waals surface area contributed by atoms with Gasteiger partial charge in [0.1, 0.15) is 18.2 Å². The van der Waals surface area contributed by atoms with Crippen molar-refractivity contribution >= 4 is 15.9 Å². The van der Waals surface area contributed by atoms with Crippen LogP contribution in [0.2, 0.25) is 0 Å². The lowest BCUT2D eigenvalue weighted by atomic mass is 10.1. The second-order valence-corrected chi connectivity index (χ2v) is 11.1. The molecule has 11 heteroatoms. The molecule has 0 N–H and O–H groups in total. The molecular weight excluding hydrogens is 494 g/mol. The molecule has 0 saturated carbocycles. The summed E-state index contributed by atoms with van der Waals surface area (Å²) < 4.78 is 40.4. The van der Waals surface area contributed by atoms with Crippen molar-refractivity contribution in [2.75, 3.05) is 40.5 Å². The Morgan fingerprint density at radius 3 is 2.51 bits per heavy atom. The van der Waals surface area contributed by atoms with Gasteiger partial charge in [-0.3, -0.25) is 9.78 Å². The van der Waals surface area contributed by atoms with E-state index in [1.807, 2.05) is 18.3 Å². The average Bonchev–Trinajstić information content (AvgIpc) is 3.27. The van der Waals surface area contributed by atoms with E-state index in [4.69, 9.17) is 14.5 Å². The highest BCUT2D eigenvalue weighted by molar-refractivity contribution is 7.89. The molecule has 0 atom stereocenters. The summed E-state index contributed by atoms with van der Waals surface area (Å²) in [6.45, 7) is 5.28. The van der Waals surface area contributed by atoms with E-state index in [1.165, 1.54) is 11.4 Å². The van der Waals surface area contributed by atoms with E-state index < -0.39 is 10.0 Å². The minimum atomic E-state index is -3.71. The molecule has 0 radical (unpaired) electrons. The molecule has 1 amide bonds. The molecule has 0 saturated heterocycles. The number of pyridine rings is 1. The first-order valence-electron chi connectivity index (χ1n) is 12.1. The molecule has 198 valence electrons. The van der Waals surface area contributed by atoms with Gasteiger partial charge in [0, 0.05) is 51.7 Å². The number of aromatic nitrogens is 3. The number of hydrogen-bond acceptors (Lipinski definition) is 7. The second kappa shape index (κ2) is 11.4. The molecule has 1 aliphatic heterocycles. The van der Waals surface area contributed by atoms with E-state index in [9.17, 15) is 13.2 Å². The standard InChI is InChI=1S/C26H33N5O5S/c1-19-13-23(35-4)14-20(2)26(19)37(33,34)29(3)11-12-36-18-25(32)31-10-9-30-16-22(28-24(30)17-31)15-21-5-7-27-8-6-21/h5-8,13-14,16H,9-12,15,17-18H2,1-4H3. The van der Waals surface area contributed by atoms with E-state index in [2.05, 4.69) is 9.55 Å². The van der Waals surface area contributed by atoms with Crippen LogP contribution in [0.15, 0.2) is 47.8 Å². The van der Waals surface area contributed by atoms with E-state index in [0.29, 0.717) is 42.9 Å². The van der Waals surface area contributed by atoms with Gasteiger partial charge in [-0.1, -0.05) is 0 Å². The number of nitrogens with zero attached hydrogens (tertiary/aromatic N) is 5. The molecule has 0 bridgehead atoms. The third-order valence-corrected chi connectivity index (χ3v) is 8.62. The lowest BCUT2D eigenvalue weighted by molar-refractivity contribution is -0.137. The van der Waals surface area contributed by atoms with Crippen molar-refractivity contribution < 1.29 is 22.7 Å². The van der Waals surface area contributed by atoms with Crippen molar-refractivity contribution in [2.24, 2.45) is 0 Å². The minimum absolute atomic E-state index is 0.105. The van der Waals surface area contributed by atoms with E-state index >= 15 is 0 Å². The number of methoxy groups -OCH3 is 1. The summed E-state index contributed by atoms with van der Waals surface area (Å²) in [6, 6.07) is 7.34. The second-order valence-electron chi connectivity index (χ2n) is 9.16. The fourth-order valence-electron chi connectivity index (χ4n) is 4.47. The topological polar surface area (TPSA) is 107 Å². The number of imidazole rings is 1. The van der Waals surface area contributed by atoms with Gasteiger partial charge in [0.25, 0.3) is 0 Å². The van der Waals surface area contributed by atoms with Crippen LogP contribution in [-0.4, -0.2) is 78.5 Å². The molecule has 0 aliphatic carbocycles. The predicted octanol–water partition coefficient (Wildman–Crippen LogP) is 2.17. The van der Waals surface area contributed by atoms with Crippen LogP contribution in [0.1, 0.15) is 28.2 Å². The maximum Gasteiger partial charge on any atom is 0.249 e. The van der Waals surface area contributed by atoms with Crippen LogP contribution >= 0.6 is 0 Å². The van der Waals surface area contributed by atoms with Gasteiger partial charge in [-0.05, 0) is 54.8 Å². The van der Waals surface area contributed by atoms with Crippen LogP contribution in [0.3, 0.4) is 0 Å². The first kappa shape index (κ1) is 26.8. The third-order valence-electron chi connectivity index (χ3n) is 6.45. The predicted molar refractivity (Wildman–Crippen MR) is 138 cm³/mol. The molecule has 1 aromatic carbocycles. The Morgan fingerprint density at radius 2 is 1.84 bits per heavy atom. The quantitative estimate of drug-likeness (QED) is 0.372. The van der Waals surface area contributed by atoms with Crippen molar-refractivity contribution in [1.82, 2.24) is 23.7 Å². The summed E-state index contributed by atoms with van der Waals surface area (Å²) in [4.78, 5) is 23.5. The van der Waals surface area contributed by atoms with Crippen LogP contribution in [0.5, 0.6) is 5.75 Å². The molecule has 10 nitrogen and oxygen atoms in total. The molecule has 1 aliphatic rings. The zero-order valence-corrected chi connectivity index (χ0v) is 22.5. The maximum atomic E-state index is 13.1. The third kappa shape index (κ3) is 6.17. The van der Waals surface area contributed by atoms with Crippen LogP contribution in [0.25, 0.3) is 0 Å². The summed E-state index contributed by atoms with van der Waals surface area (Å²) in [5, 5.41) is 0. The van der Waals surface area contributed by atoms with Gasteiger partial charge in [-0.15, -0.1) is 0 Å². The molecule has 0 fully saturated rings. The fourth-order valence-corrected chi connectivity index (χ4v) is 6.03. The highest BCUT2D eigenvalue weighted by Gasteiger charge is 2.26. The van der Waals surface area contributed by atoms with Gasteiger partial charge in [-0.2, -0.15) is 4.31 Å². The highest BCUT2D eigenvalue weighted by Crippen LogP contribution is 2.27. The smallest absolute Gasteiger partial charge is 0.249 e. The van der Waals surface area contributed by atoms with Crippen molar-refractivity contribution in [3.05, 3.63) is 71.1 Å². The number of hydrogen-bond donors (Lipinski definition) is 0. The minimum Gasteiger partial charge on any atom is -0.497 e. The average molecular weight is 528 g/mol. The molecule has 4 rings (SSSR count). The van der Waals surface area contributed by atoms with Crippen molar-refractivity contribution in [3.63, 3.8) is 0 Å². The number of sulfonamides is 1. The van der Waals surface area contributed by atoms with Gasteiger partial charge < -0.3 is 18.9 Å². The lowest BCUT2D eigenvalue weighted by Gasteiger charge is -2.27. The van der Waals surface area contributed by atoms with Gasteiger partial charge in [0.15, 0.2) is 0 Å². The summed E-state index contributed by atoms with van der Waals surface area (Å²) in [5.41, 5.74) is 3.33. The monoisotopic (exact) mass is 527 g/mol. The van der Waals surface area contributed by atoms with Crippen LogP contribution in [0, 0.1) is 13.8 Å². The van der Waals surface area contributed by atoms with Crippen LogP contribution in [-0.2, 0) is 39.1 Å². The Balaban J connectivity index is 1.27. The normalized spacial score (nSPS) is 13.6. The Labute approximate surface area is 217 Å². The summed E-state index contributed by atoms with van der Waals surface area (Å²) in [5.74, 6) is 1.32. The first-order chi connectivity index (χ1) is 17.7. The first-order valence-corrected chi connectivity index (χ1v) is 13.5. The number of fused-ring (bicyclic) bond motifs is 1. The Bertz CT molecular complexity index is 1330. The van der Waals surface area contributed by atoms with Gasteiger partial charge in [-0.25, -0.2) is 13.4 Å². The van der Waals surface area contributed by atoms with Crippen molar-refractivity contribution in [1.29, 1.82) is 0 Å². The van der Waals surface area contributed by atoms with Gasteiger partial charge in [0.2, 0.25) is 15.9 Å². The van der Waals surface area contributed by atoms with Crippen LogP contribution < -0.4 is 4.74 Å². The number of carbonyl (C=O) groups is 1. The Hall–Kier alpha value is -3.28. The van der Waals surface area contributed by atoms with E-state index in [0.717, 1.165) is 17.1 Å². The number of carbonyl (C=O) groups excluding carboxylic acids is 1. The molecule has 0 unspecified atom stereocenters. The lowest BCUT2D eigenvalue weighted by Crippen LogP contribution is -2.40. The fraction of sp³-hybridized carbons (Fsp3) is 0.423. The number of ether oxygens (including phenoxy) is 2. The molecule has 3 heterocycles. The molecule has 3 aromatic rings. The van der Waals surface area contributed by atoms with E-state index in [-0.39, 0.29) is 30.6 Å². The van der Waals surface area contributed by atoms with Gasteiger partial charge >= 0.3 is 0 Å². The summed E-state index contributed by atoms with van der Waals surface area (Å²) >= 11 is 0. The SMILES string of the molecule is COc1cc(C)c(S(=O)(=O)N(C)CCOCC(=O)N2CCn3cc(Cc4ccncc4)nc3C2)c(C)c1. The molecule has 2 aromatic heterocycles. The summed E-state index contributed by atoms with van der Waals surface area (Å²) in [6.07, 6.45) is 6.28. The largest absolute Gasteiger partial charge is 0.497 e. The number of aryl methyl sites for hydroxylation is 2. The summed E-state index contributed by atoms with van der Waals surface area (Å²) in [7, 11) is -0.653. The maximum absolute atomic E-state index is 13.1. The molecular formula is C26H33N5O5S. The van der Waals surface area contributed by atoms with Gasteiger partial charge in [0.05, 0.1) is 30.9 Å². The highest BCUT2D eigenvalue weighted by atomic mass is 32.2. The zero-order chi connectivity index (χ0) is 26.6. The number of benzene rings is 1. The zero-order valence-electron chi connectivity index (χ0n) is 21.7. The Kier molecular flexibility index (Phi) is 8.25. The van der Waals surface area contributed by atoms with Crippen LogP contribution in [0.4, 0.5) is 0 Å². The van der Waals surface area contributed by atoms with Crippen molar-refractivity contribution in [3.8, 4) is 5.75 Å². The van der Waals surface area contributed by atoms with Crippen molar-refractivity contribution in [2.45, 2.75) is 38.3 Å². The number of rotatable bonds is 10.